The zero-order chi connectivity index (χ0) is 6.85. The van der Waals surface area contributed by atoms with E-state index in [0.29, 0.717) is 12.5 Å². The molecule has 1 rings (SSSR count). The van der Waals surface area contributed by atoms with Crippen molar-refractivity contribution in [2.75, 3.05) is 13.7 Å². The molecule has 0 heterocycles. The van der Waals surface area contributed by atoms with E-state index in [2.05, 4.69) is 4.74 Å². The molecule has 4 heteroatoms. The first-order chi connectivity index (χ1) is 4.29. The van der Waals surface area contributed by atoms with Crippen molar-refractivity contribution < 1.29 is 9.53 Å². The van der Waals surface area contributed by atoms with Gasteiger partial charge in [-0.3, -0.25) is 4.79 Å². The monoisotopic (exact) mass is 165 g/mol. The number of rotatable bonds is 2. The van der Waals surface area contributed by atoms with Crippen molar-refractivity contribution in [2.45, 2.75) is 6.42 Å². The van der Waals surface area contributed by atoms with Gasteiger partial charge in [0.1, 0.15) is 0 Å². The van der Waals surface area contributed by atoms with Gasteiger partial charge in [0.2, 0.25) is 0 Å². The van der Waals surface area contributed by atoms with E-state index in [-0.39, 0.29) is 24.3 Å². The second-order valence-corrected chi connectivity index (χ2v) is 2.36. The lowest BCUT2D eigenvalue weighted by Gasteiger charge is -1.93. The lowest BCUT2D eigenvalue weighted by Crippen LogP contribution is -2.09. The van der Waals surface area contributed by atoms with Crippen LogP contribution in [0.15, 0.2) is 0 Å². The minimum absolute atomic E-state index is 0. The highest BCUT2D eigenvalue weighted by Crippen LogP contribution is 2.37. The number of halogens is 1. The third-order valence-electron chi connectivity index (χ3n) is 1.73. The summed E-state index contributed by atoms with van der Waals surface area (Å²) in [5.41, 5.74) is 5.31. The van der Waals surface area contributed by atoms with Crippen molar-refractivity contribution >= 4 is 18.4 Å². The first-order valence-corrected chi connectivity index (χ1v) is 3.07. The second kappa shape index (κ2) is 3.78. The summed E-state index contributed by atoms with van der Waals surface area (Å²) >= 11 is 0. The molecule has 0 saturated heterocycles. The summed E-state index contributed by atoms with van der Waals surface area (Å²) in [6, 6.07) is 0. The van der Waals surface area contributed by atoms with E-state index in [4.69, 9.17) is 5.73 Å². The van der Waals surface area contributed by atoms with E-state index in [9.17, 15) is 4.79 Å². The summed E-state index contributed by atoms with van der Waals surface area (Å²) in [7, 11) is 1.41. The first-order valence-electron chi connectivity index (χ1n) is 3.07. The Morgan fingerprint density at radius 1 is 1.80 bits per heavy atom. The van der Waals surface area contributed by atoms with Crippen LogP contribution in [0.4, 0.5) is 0 Å². The standard InChI is InChI=1S/C6H11NO2.ClH/c1-9-6(8)5-2-4(5)3-7;/h4-5H,2-3,7H2,1H3;1H/t4-,5-;/m1./s1. The summed E-state index contributed by atoms with van der Waals surface area (Å²) in [5, 5.41) is 0. The van der Waals surface area contributed by atoms with E-state index < -0.39 is 0 Å². The number of ether oxygens (including phenoxy) is 1. The summed E-state index contributed by atoms with van der Waals surface area (Å²) in [6.07, 6.45) is 0.920. The van der Waals surface area contributed by atoms with E-state index in [1.54, 1.807) is 0 Å². The van der Waals surface area contributed by atoms with Crippen molar-refractivity contribution in [1.82, 2.24) is 0 Å². The fourth-order valence-electron chi connectivity index (χ4n) is 0.948. The highest BCUT2D eigenvalue weighted by Gasteiger charge is 2.42. The number of esters is 1. The topological polar surface area (TPSA) is 52.3 Å². The van der Waals surface area contributed by atoms with Gasteiger partial charge in [-0.15, -0.1) is 12.4 Å². The van der Waals surface area contributed by atoms with Crippen LogP contribution in [0, 0.1) is 11.8 Å². The Morgan fingerprint density at radius 3 is 2.70 bits per heavy atom. The molecular weight excluding hydrogens is 154 g/mol. The molecule has 0 aromatic carbocycles. The molecule has 0 spiro atoms. The van der Waals surface area contributed by atoms with Crippen molar-refractivity contribution in [3.05, 3.63) is 0 Å². The number of carbonyl (C=O) groups excluding carboxylic acids is 1. The maximum absolute atomic E-state index is 10.7. The zero-order valence-electron chi connectivity index (χ0n) is 5.87. The summed E-state index contributed by atoms with van der Waals surface area (Å²) < 4.78 is 4.51. The molecule has 1 fully saturated rings. The van der Waals surface area contributed by atoms with Gasteiger partial charge in [-0.05, 0) is 18.9 Å². The Hall–Kier alpha value is -0.280. The molecule has 0 aliphatic heterocycles. The van der Waals surface area contributed by atoms with Crippen LogP contribution < -0.4 is 5.73 Å². The Labute approximate surface area is 66.3 Å². The van der Waals surface area contributed by atoms with Gasteiger partial charge in [0.25, 0.3) is 0 Å². The van der Waals surface area contributed by atoms with Crippen LogP contribution in [0.2, 0.25) is 0 Å². The third kappa shape index (κ3) is 1.85. The Bertz CT molecular complexity index is 129. The molecule has 0 bridgehead atoms. The molecule has 2 N–H and O–H groups in total. The minimum atomic E-state index is -0.106. The van der Waals surface area contributed by atoms with Crippen LogP contribution in [-0.2, 0) is 9.53 Å². The Morgan fingerprint density at radius 2 is 2.40 bits per heavy atom. The van der Waals surface area contributed by atoms with Crippen LogP contribution in [-0.4, -0.2) is 19.6 Å². The summed E-state index contributed by atoms with van der Waals surface area (Å²) in [4.78, 5) is 10.7. The van der Waals surface area contributed by atoms with E-state index in [0.717, 1.165) is 6.42 Å². The number of nitrogens with two attached hydrogens (primary N) is 1. The zero-order valence-corrected chi connectivity index (χ0v) is 6.69. The van der Waals surface area contributed by atoms with Crippen LogP contribution in [0.1, 0.15) is 6.42 Å². The number of methoxy groups -OCH3 is 1. The normalized spacial score (nSPS) is 28.6. The van der Waals surface area contributed by atoms with Crippen LogP contribution in [0.5, 0.6) is 0 Å². The number of hydrogen-bond acceptors (Lipinski definition) is 3. The molecule has 1 aliphatic carbocycles. The van der Waals surface area contributed by atoms with Gasteiger partial charge in [-0.1, -0.05) is 0 Å². The molecule has 1 saturated carbocycles. The molecule has 1 aliphatic rings. The molecule has 0 aromatic rings. The van der Waals surface area contributed by atoms with Crippen LogP contribution in [0.25, 0.3) is 0 Å². The largest absolute Gasteiger partial charge is 0.469 e. The first kappa shape index (κ1) is 9.72. The van der Waals surface area contributed by atoms with Crippen molar-refractivity contribution in [1.29, 1.82) is 0 Å². The van der Waals surface area contributed by atoms with E-state index in [1.807, 2.05) is 0 Å². The predicted molar refractivity (Wildman–Crippen MR) is 39.9 cm³/mol. The van der Waals surface area contributed by atoms with Gasteiger partial charge in [-0.25, -0.2) is 0 Å². The molecule has 0 radical (unpaired) electrons. The van der Waals surface area contributed by atoms with Crippen LogP contribution in [0.3, 0.4) is 0 Å². The van der Waals surface area contributed by atoms with Gasteiger partial charge < -0.3 is 10.5 Å². The fourth-order valence-corrected chi connectivity index (χ4v) is 0.948. The molecular formula is C6H12ClNO2. The summed E-state index contributed by atoms with van der Waals surface area (Å²) in [6.45, 7) is 0.611. The maximum atomic E-state index is 10.7. The lowest BCUT2D eigenvalue weighted by molar-refractivity contribution is -0.142. The van der Waals surface area contributed by atoms with Crippen molar-refractivity contribution in [2.24, 2.45) is 17.6 Å². The molecule has 3 nitrogen and oxygen atoms in total. The molecule has 0 unspecified atom stereocenters. The smallest absolute Gasteiger partial charge is 0.308 e. The minimum Gasteiger partial charge on any atom is -0.469 e. The summed E-state index contributed by atoms with van der Waals surface area (Å²) in [5.74, 6) is 0.405. The maximum Gasteiger partial charge on any atom is 0.308 e. The number of hydrogen-bond donors (Lipinski definition) is 1. The molecule has 10 heavy (non-hydrogen) atoms. The third-order valence-corrected chi connectivity index (χ3v) is 1.73. The SMILES string of the molecule is COC(=O)[C@@H]1C[C@@H]1CN.Cl. The van der Waals surface area contributed by atoms with Crippen molar-refractivity contribution in [3.8, 4) is 0 Å². The van der Waals surface area contributed by atoms with Gasteiger partial charge in [0, 0.05) is 0 Å². The Balaban J connectivity index is 0.000000810. The highest BCUT2D eigenvalue weighted by molar-refractivity contribution is 5.85. The average Bonchev–Trinajstić information content (AvgIpc) is 2.64. The lowest BCUT2D eigenvalue weighted by atomic mass is 10.3. The Kier molecular flexibility index (Phi) is 3.68. The molecule has 0 aromatic heterocycles. The van der Waals surface area contributed by atoms with Crippen LogP contribution >= 0.6 is 12.4 Å². The van der Waals surface area contributed by atoms with E-state index >= 15 is 0 Å². The predicted octanol–water partition coefficient (Wildman–Crippen LogP) is 0.176. The van der Waals surface area contributed by atoms with Gasteiger partial charge in [0.05, 0.1) is 13.0 Å². The molecule has 60 valence electrons. The molecule has 0 amide bonds. The fraction of sp³-hybridized carbons (Fsp3) is 0.833. The second-order valence-electron chi connectivity index (χ2n) is 2.36. The quantitative estimate of drug-likeness (QED) is 0.594. The molecule has 2 atom stereocenters. The van der Waals surface area contributed by atoms with Gasteiger partial charge >= 0.3 is 5.97 Å². The highest BCUT2D eigenvalue weighted by atomic mass is 35.5. The van der Waals surface area contributed by atoms with Gasteiger partial charge in [0.15, 0.2) is 0 Å². The average molecular weight is 166 g/mol. The van der Waals surface area contributed by atoms with Gasteiger partial charge in [-0.2, -0.15) is 0 Å². The number of carbonyl (C=O) groups is 1. The van der Waals surface area contributed by atoms with Crippen molar-refractivity contribution in [3.63, 3.8) is 0 Å². The van der Waals surface area contributed by atoms with E-state index in [1.165, 1.54) is 7.11 Å².